The molecule has 0 saturated carbocycles. The van der Waals surface area contributed by atoms with Crippen LogP contribution in [0.15, 0.2) is 61.2 Å². The Kier molecular flexibility index (Phi) is 5.20. The highest BCUT2D eigenvalue weighted by molar-refractivity contribution is 6.06. The van der Waals surface area contributed by atoms with Crippen molar-refractivity contribution in [1.29, 1.82) is 0 Å². The van der Waals surface area contributed by atoms with E-state index in [0.717, 1.165) is 5.69 Å². The number of hydrogen-bond acceptors (Lipinski definition) is 3. The number of nitrogens with zero attached hydrogens (tertiary/aromatic N) is 1. The standard InChI is InChI=1S/C18H19NO3/c1-4-12-22-16-11-10-14(13-17(16)21-3)18(20)19(2)15-8-6-5-7-9-15/h4-11,13H,1,12H2,2-3H3. The van der Waals surface area contributed by atoms with Crippen LogP contribution in [0.5, 0.6) is 11.5 Å². The van der Waals surface area contributed by atoms with Crippen LogP contribution in [0.2, 0.25) is 0 Å². The third-order valence-electron chi connectivity index (χ3n) is 3.22. The molecule has 0 spiro atoms. The first-order valence-electron chi connectivity index (χ1n) is 6.92. The van der Waals surface area contributed by atoms with Crippen LogP contribution in [0.4, 0.5) is 5.69 Å². The second-order valence-electron chi connectivity index (χ2n) is 4.67. The Morgan fingerprint density at radius 3 is 2.55 bits per heavy atom. The molecular weight excluding hydrogens is 278 g/mol. The van der Waals surface area contributed by atoms with Gasteiger partial charge in [0.05, 0.1) is 7.11 Å². The molecule has 0 aromatic heterocycles. The Morgan fingerprint density at radius 2 is 1.91 bits per heavy atom. The van der Waals surface area contributed by atoms with Crippen molar-refractivity contribution in [3.8, 4) is 11.5 Å². The highest BCUT2D eigenvalue weighted by Crippen LogP contribution is 2.29. The van der Waals surface area contributed by atoms with Gasteiger partial charge in [-0.15, -0.1) is 0 Å². The summed E-state index contributed by atoms with van der Waals surface area (Å²) in [5.74, 6) is 0.996. The summed E-state index contributed by atoms with van der Waals surface area (Å²) < 4.78 is 10.8. The first kappa shape index (κ1) is 15.6. The summed E-state index contributed by atoms with van der Waals surface area (Å²) in [6.07, 6.45) is 1.65. The van der Waals surface area contributed by atoms with Crippen molar-refractivity contribution in [3.63, 3.8) is 0 Å². The molecule has 0 heterocycles. The molecule has 0 N–H and O–H groups in total. The quantitative estimate of drug-likeness (QED) is 0.766. The highest BCUT2D eigenvalue weighted by atomic mass is 16.5. The molecule has 0 aliphatic carbocycles. The lowest BCUT2D eigenvalue weighted by molar-refractivity contribution is 0.0992. The zero-order valence-electron chi connectivity index (χ0n) is 12.8. The SMILES string of the molecule is C=CCOc1ccc(C(=O)N(C)c2ccccc2)cc1OC. The lowest BCUT2D eigenvalue weighted by Crippen LogP contribution is -2.26. The van der Waals surface area contributed by atoms with E-state index in [1.807, 2.05) is 30.3 Å². The van der Waals surface area contributed by atoms with E-state index < -0.39 is 0 Å². The van der Waals surface area contributed by atoms with Gasteiger partial charge in [0, 0.05) is 18.3 Å². The summed E-state index contributed by atoms with van der Waals surface area (Å²) in [7, 11) is 3.29. The van der Waals surface area contributed by atoms with Crippen molar-refractivity contribution in [1.82, 2.24) is 0 Å². The first-order chi connectivity index (χ1) is 10.7. The second kappa shape index (κ2) is 7.31. The zero-order valence-corrected chi connectivity index (χ0v) is 12.8. The Hall–Kier alpha value is -2.75. The van der Waals surface area contributed by atoms with Crippen LogP contribution < -0.4 is 14.4 Å². The zero-order chi connectivity index (χ0) is 15.9. The van der Waals surface area contributed by atoms with E-state index in [9.17, 15) is 4.79 Å². The van der Waals surface area contributed by atoms with Gasteiger partial charge >= 0.3 is 0 Å². The number of hydrogen-bond donors (Lipinski definition) is 0. The number of carbonyl (C=O) groups excluding carboxylic acids is 1. The molecule has 4 nitrogen and oxygen atoms in total. The number of rotatable bonds is 6. The minimum absolute atomic E-state index is 0.111. The average Bonchev–Trinajstić information content (AvgIpc) is 2.59. The molecule has 0 unspecified atom stereocenters. The number of ether oxygens (including phenoxy) is 2. The smallest absolute Gasteiger partial charge is 0.258 e. The Bertz CT molecular complexity index is 653. The third-order valence-corrected chi connectivity index (χ3v) is 3.22. The lowest BCUT2D eigenvalue weighted by atomic mass is 10.1. The van der Waals surface area contributed by atoms with Gasteiger partial charge in [-0.3, -0.25) is 4.79 Å². The van der Waals surface area contributed by atoms with Crippen LogP contribution in [0.1, 0.15) is 10.4 Å². The molecule has 22 heavy (non-hydrogen) atoms. The second-order valence-corrected chi connectivity index (χ2v) is 4.67. The predicted molar refractivity (Wildman–Crippen MR) is 87.9 cm³/mol. The molecule has 0 radical (unpaired) electrons. The van der Waals surface area contributed by atoms with E-state index in [1.54, 1.807) is 43.3 Å². The largest absolute Gasteiger partial charge is 0.493 e. The van der Waals surface area contributed by atoms with E-state index in [0.29, 0.717) is 23.7 Å². The molecule has 0 saturated heterocycles. The van der Waals surface area contributed by atoms with Gasteiger partial charge in [0.1, 0.15) is 6.61 Å². The molecule has 0 atom stereocenters. The molecule has 0 aliphatic heterocycles. The third kappa shape index (κ3) is 3.47. The highest BCUT2D eigenvalue weighted by Gasteiger charge is 2.16. The fourth-order valence-electron chi connectivity index (χ4n) is 2.03. The lowest BCUT2D eigenvalue weighted by Gasteiger charge is -2.18. The molecule has 2 aromatic carbocycles. The Morgan fingerprint density at radius 1 is 1.18 bits per heavy atom. The summed E-state index contributed by atoms with van der Waals surface area (Å²) in [5, 5.41) is 0. The fourth-order valence-corrected chi connectivity index (χ4v) is 2.03. The van der Waals surface area contributed by atoms with E-state index in [1.165, 1.54) is 0 Å². The summed E-state index contributed by atoms with van der Waals surface area (Å²) in [6.45, 7) is 3.99. The van der Waals surface area contributed by atoms with E-state index in [4.69, 9.17) is 9.47 Å². The van der Waals surface area contributed by atoms with Crippen LogP contribution in [-0.2, 0) is 0 Å². The van der Waals surface area contributed by atoms with Crippen molar-refractivity contribution in [3.05, 3.63) is 66.7 Å². The van der Waals surface area contributed by atoms with Gasteiger partial charge in [0.15, 0.2) is 11.5 Å². The molecule has 114 valence electrons. The monoisotopic (exact) mass is 297 g/mol. The molecular formula is C18H19NO3. The van der Waals surface area contributed by atoms with Gasteiger partial charge in [-0.05, 0) is 30.3 Å². The summed E-state index contributed by atoms with van der Waals surface area (Å²) >= 11 is 0. The van der Waals surface area contributed by atoms with Crippen LogP contribution in [0.3, 0.4) is 0 Å². The van der Waals surface area contributed by atoms with Crippen LogP contribution in [0, 0.1) is 0 Å². The number of methoxy groups -OCH3 is 1. The van der Waals surface area contributed by atoms with E-state index in [2.05, 4.69) is 6.58 Å². The minimum atomic E-state index is -0.111. The summed E-state index contributed by atoms with van der Waals surface area (Å²) in [6, 6.07) is 14.6. The topological polar surface area (TPSA) is 38.8 Å². The number of amides is 1. The number of para-hydroxylation sites is 1. The van der Waals surface area contributed by atoms with E-state index >= 15 is 0 Å². The molecule has 0 aliphatic rings. The van der Waals surface area contributed by atoms with Crippen LogP contribution in [0.25, 0.3) is 0 Å². The molecule has 0 fully saturated rings. The van der Waals surface area contributed by atoms with Crippen molar-refractivity contribution in [2.75, 3.05) is 25.7 Å². The van der Waals surface area contributed by atoms with Crippen molar-refractivity contribution in [2.24, 2.45) is 0 Å². The van der Waals surface area contributed by atoms with Gasteiger partial charge in [-0.1, -0.05) is 30.9 Å². The van der Waals surface area contributed by atoms with Crippen molar-refractivity contribution in [2.45, 2.75) is 0 Å². The maximum atomic E-state index is 12.6. The Balaban J connectivity index is 2.24. The molecule has 0 bridgehead atoms. The number of benzene rings is 2. The normalized spacial score (nSPS) is 9.91. The number of carbonyl (C=O) groups is 1. The van der Waals surface area contributed by atoms with Crippen molar-refractivity contribution < 1.29 is 14.3 Å². The van der Waals surface area contributed by atoms with Gasteiger partial charge in [0.2, 0.25) is 0 Å². The number of anilines is 1. The molecule has 4 heteroatoms. The maximum absolute atomic E-state index is 12.6. The molecule has 2 rings (SSSR count). The molecule has 1 amide bonds. The van der Waals surface area contributed by atoms with Crippen LogP contribution in [-0.4, -0.2) is 26.7 Å². The van der Waals surface area contributed by atoms with Gasteiger partial charge in [-0.2, -0.15) is 0 Å². The van der Waals surface area contributed by atoms with Gasteiger partial charge < -0.3 is 14.4 Å². The van der Waals surface area contributed by atoms with Crippen molar-refractivity contribution >= 4 is 11.6 Å². The minimum Gasteiger partial charge on any atom is -0.493 e. The van der Waals surface area contributed by atoms with E-state index in [-0.39, 0.29) is 5.91 Å². The van der Waals surface area contributed by atoms with Gasteiger partial charge in [-0.25, -0.2) is 0 Å². The average molecular weight is 297 g/mol. The maximum Gasteiger partial charge on any atom is 0.258 e. The van der Waals surface area contributed by atoms with Gasteiger partial charge in [0.25, 0.3) is 5.91 Å². The Labute approximate surface area is 130 Å². The summed E-state index contributed by atoms with van der Waals surface area (Å²) in [5.41, 5.74) is 1.37. The summed E-state index contributed by atoms with van der Waals surface area (Å²) in [4.78, 5) is 14.1. The molecule has 2 aromatic rings. The fraction of sp³-hybridized carbons (Fsp3) is 0.167. The van der Waals surface area contributed by atoms with Crippen LogP contribution >= 0.6 is 0 Å². The first-order valence-corrected chi connectivity index (χ1v) is 6.92. The predicted octanol–water partition coefficient (Wildman–Crippen LogP) is 3.54.